The Hall–Kier alpha value is -2.65. The number of halogens is 3. The summed E-state index contributed by atoms with van der Waals surface area (Å²) in [7, 11) is 0. The summed E-state index contributed by atoms with van der Waals surface area (Å²) in [5, 5.41) is 17.2. The quantitative estimate of drug-likeness (QED) is 0.360. The molecule has 0 unspecified atom stereocenters. The molecule has 98 valence electrons. The van der Waals surface area contributed by atoms with Gasteiger partial charge in [0, 0.05) is 0 Å². The summed E-state index contributed by atoms with van der Waals surface area (Å²) in [5.74, 6) is -5.31. The van der Waals surface area contributed by atoms with E-state index in [1.54, 1.807) is 0 Å². The van der Waals surface area contributed by atoms with E-state index in [4.69, 9.17) is 10.7 Å². The Labute approximate surface area is 105 Å². The maximum atomic E-state index is 13.7. The fraction of sp³-hybridized carbons (Fsp3) is 0.182. The summed E-state index contributed by atoms with van der Waals surface area (Å²) >= 11 is 0. The van der Waals surface area contributed by atoms with Crippen LogP contribution in [0.5, 0.6) is 0 Å². The Kier molecular flexibility index (Phi) is 4.40. The SMILES string of the molecule is CCOC(=O)C(=C=[N-])c1c(F)c(F)nc(C#N)c1F. The fourth-order valence-corrected chi connectivity index (χ4v) is 1.21. The van der Waals surface area contributed by atoms with Gasteiger partial charge in [-0.2, -0.15) is 9.65 Å². The van der Waals surface area contributed by atoms with Gasteiger partial charge in [0.25, 0.3) is 5.95 Å². The van der Waals surface area contributed by atoms with Crippen LogP contribution >= 0.6 is 0 Å². The summed E-state index contributed by atoms with van der Waals surface area (Å²) in [6.45, 7) is 1.26. The normalized spacial score (nSPS) is 9.42. The number of aromatic nitrogens is 1. The number of rotatable bonds is 3. The fourth-order valence-electron chi connectivity index (χ4n) is 1.21. The van der Waals surface area contributed by atoms with E-state index in [-0.39, 0.29) is 6.61 Å². The monoisotopic (exact) mass is 268 g/mol. The molecule has 0 saturated heterocycles. The molecule has 0 amide bonds. The van der Waals surface area contributed by atoms with Gasteiger partial charge in [0.15, 0.2) is 17.3 Å². The van der Waals surface area contributed by atoms with E-state index in [2.05, 4.69) is 9.72 Å². The van der Waals surface area contributed by atoms with Crippen LogP contribution in [0.15, 0.2) is 0 Å². The van der Waals surface area contributed by atoms with Gasteiger partial charge in [-0.15, -0.1) is 0 Å². The molecule has 0 aliphatic rings. The highest BCUT2D eigenvalue weighted by Crippen LogP contribution is 2.24. The third-order valence-electron chi connectivity index (χ3n) is 1.99. The van der Waals surface area contributed by atoms with Gasteiger partial charge in [0.2, 0.25) is 0 Å². The van der Waals surface area contributed by atoms with Gasteiger partial charge < -0.3 is 10.1 Å². The van der Waals surface area contributed by atoms with Gasteiger partial charge >= 0.3 is 5.97 Å². The smallest absolute Gasteiger partial charge is 0.345 e. The van der Waals surface area contributed by atoms with Crippen LogP contribution in [0.3, 0.4) is 0 Å². The van der Waals surface area contributed by atoms with Crippen LogP contribution in [0.25, 0.3) is 11.0 Å². The van der Waals surface area contributed by atoms with Gasteiger partial charge in [0.05, 0.1) is 17.7 Å². The van der Waals surface area contributed by atoms with Gasteiger partial charge in [0.1, 0.15) is 6.07 Å². The number of esters is 1. The zero-order valence-electron chi connectivity index (χ0n) is 9.50. The standard InChI is InChI=1S/C11H5F3N3O2/c1-2-19-11(18)5(3-15)7-8(12)6(4-16)17-10(14)9(7)13/h2H2,1H3/q-1. The van der Waals surface area contributed by atoms with E-state index in [1.807, 2.05) is 0 Å². The highest BCUT2D eigenvalue weighted by Gasteiger charge is 2.26. The third-order valence-corrected chi connectivity index (χ3v) is 1.99. The molecular formula is C11H5F3N3O2-. The average Bonchev–Trinajstić information content (AvgIpc) is 2.39. The number of carbonyl (C=O) groups excluding carboxylic acids is 1. The molecule has 0 N–H and O–H groups in total. The first-order valence-electron chi connectivity index (χ1n) is 4.87. The van der Waals surface area contributed by atoms with Crippen LogP contribution in [-0.2, 0) is 9.53 Å². The lowest BCUT2D eigenvalue weighted by Gasteiger charge is -2.09. The molecule has 5 nitrogen and oxygen atoms in total. The molecule has 0 aliphatic carbocycles. The van der Waals surface area contributed by atoms with Gasteiger partial charge in [-0.05, 0) is 6.92 Å². The summed E-state index contributed by atoms with van der Waals surface area (Å²) in [5.41, 5.74) is -3.40. The minimum atomic E-state index is -1.83. The van der Waals surface area contributed by atoms with Crippen molar-refractivity contribution in [2.24, 2.45) is 0 Å². The van der Waals surface area contributed by atoms with Crippen molar-refractivity contribution in [2.75, 3.05) is 6.61 Å². The molecule has 1 heterocycles. The van der Waals surface area contributed by atoms with Crippen LogP contribution < -0.4 is 0 Å². The Balaban J connectivity index is 3.58. The Bertz CT molecular complexity index is 631. The molecule has 0 saturated carbocycles. The maximum absolute atomic E-state index is 13.7. The number of nitriles is 1. The molecule has 0 aromatic carbocycles. The Morgan fingerprint density at radius 1 is 1.42 bits per heavy atom. The molecular weight excluding hydrogens is 263 g/mol. The van der Waals surface area contributed by atoms with Crippen molar-refractivity contribution in [2.45, 2.75) is 6.92 Å². The van der Waals surface area contributed by atoms with Crippen LogP contribution in [0.4, 0.5) is 13.2 Å². The van der Waals surface area contributed by atoms with Crippen molar-refractivity contribution >= 4 is 17.4 Å². The van der Waals surface area contributed by atoms with Crippen molar-refractivity contribution in [3.63, 3.8) is 0 Å². The zero-order valence-corrected chi connectivity index (χ0v) is 9.50. The predicted octanol–water partition coefficient (Wildman–Crippen LogP) is 1.56. The van der Waals surface area contributed by atoms with Gasteiger partial charge in [-0.1, -0.05) is 0 Å². The molecule has 1 aromatic heterocycles. The van der Waals surface area contributed by atoms with E-state index in [9.17, 15) is 18.0 Å². The summed E-state index contributed by atoms with van der Waals surface area (Å²) in [6.07, 6.45) is 0. The molecule has 0 atom stereocenters. The van der Waals surface area contributed by atoms with Crippen LogP contribution in [0, 0.1) is 28.9 Å². The molecule has 0 radical (unpaired) electrons. The lowest BCUT2D eigenvalue weighted by atomic mass is 10.1. The topological polar surface area (TPSA) is 85.3 Å². The average molecular weight is 268 g/mol. The molecule has 8 heteroatoms. The van der Waals surface area contributed by atoms with Crippen LogP contribution in [-0.4, -0.2) is 23.4 Å². The largest absolute Gasteiger partial charge is 0.763 e. The molecule has 0 fully saturated rings. The van der Waals surface area contributed by atoms with Crippen molar-refractivity contribution in [1.29, 1.82) is 5.26 Å². The number of hydrogen-bond acceptors (Lipinski definition) is 4. The predicted molar refractivity (Wildman–Crippen MR) is 57.2 cm³/mol. The minimum Gasteiger partial charge on any atom is -0.763 e. The van der Waals surface area contributed by atoms with E-state index < -0.39 is 40.4 Å². The number of carbonyl (C=O) groups is 1. The van der Waals surface area contributed by atoms with Crippen LogP contribution in [0.1, 0.15) is 18.2 Å². The molecule has 0 bridgehead atoms. The third kappa shape index (κ3) is 2.61. The number of nitrogens with zero attached hydrogens (tertiary/aromatic N) is 3. The first kappa shape index (κ1) is 14.4. The summed E-state index contributed by atoms with van der Waals surface area (Å²) in [4.78, 5) is 14.1. The first-order valence-corrected chi connectivity index (χ1v) is 4.87. The summed E-state index contributed by atoms with van der Waals surface area (Å²) in [6, 6.07) is 1.19. The van der Waals surface area contributed by atoms with Gasteiger partial charge in [-0.25, -0.2) is 18.6 Å². The van der Waals surface area contributed by atoms with E-state index in [0.717, 1.165) is 0 Å². The Morgan fingerprint density at radius 2 is 2.05 bits per heavy atom. The van der Waals surface area contributed by atoms with Crippen molar-refractivity contribution in [3.05, 3.63) is 34.2 Å². The molecule has 19 heavy (non-hydrogen) atoms. The number of ether oxygens (including phenoxy) is 1. The number of hydrogen-bond donors (Lipinski definition) is 0. The van der Waals surface area contributed by atoms with Crippen molar-refractivity contribution < 1.29 is 22.7 Å². The summed E-state index contributed by atoms with van der Waals surface area (Å²) < 4.78 is 44.6. The molecule has 0 spiro atoms. The highest BCUT2D eigenvalue weighted by molar-refractivity contribution is 6.26. The number of pyridine rings is 1. The first-order chi connectivity index (χ1) is 8.97. The maximum Gasteiger partial charge on any atom is 0.345 e. The van der Waals surface area contributed by atoms with Crippen molar-refractivity contribution in [3.8, 4) is 6.07 Å². The highest BCUT2D eigenvalue weighted by atomic mass is 19.2. The lowest BCUT2D eigenvalue weighted by Crippen LogP contribution is -2.13. The zero-order chi connectivity index (χ0) is 14.6. The molecule has 0 aliphatic heterocycles. The lowest BCUT2D eigenvalue weighted by molar-refractivity contribution is -0.136. The second-order valence-electron chi connectivity index (χ2n) is 3.07. The van der Waals surface area contributed by atoms with Crippen molar-refractivity contribution in [1.82, 2.24) is 4.98 Å². The van der Waals surface area contributed by atoms with Gasteiger partial charge in [-0.3, -0.25) is 5.87 Å². The second-order valence-corrected chi connectivity index (χ2v) is 3.07. The van der Waals surface area contributed by atoms with E-state index in [0.29, 0.717) is 0 Å². The molecule has 1 rings (SSSR count). The van der Waals surface area contributed by atoms with E-state index >= 15 is 0 Å². The second kappa shape index (κ2) is 5.80. The minimum absolute atomic E-state index is 0.147. The Morgan fingerprint density at radius 3 is 2.53 bits per heavy atom. The van der Waals surface area contributed by atoms with Crippen LogP contribution in [0.2, 0.25) is 0 Å². The molecule has 1 aromatic rings. The van der Waals surface area contributed by atoms with E-state index in [1.165, 1.54) is 18.9 Å².